The maximum absolute atomic E-state index is 13.4. The predicted octanol–water partition coefficient (Wildman–Crippen LogP) is 2.96. The van der Waals surface area contributed by atoms with Gasteiger partial charge in [0.25, 0.3) is 0 Å². The molecule has 1 fully saturated rings. The number of nitrogens with zero attached hydrogens (tertiary/aromatic N) is 1. The van der Waals surface area contributed by atoms with Gasteiger partial charge in [0.05, 0.1) is 5.69 Å². The van der Waals surface area contributed by atoms with E-state index in [4.69, 9.17) is 0 Å². The highest BCUT2D eigenvalue weighted by Crippen LogP contribution is 2.40. The van der Waals surface area contributed by atoms with Gasteiger partial charge in [0, 0.05) is 29.7 Å². The minimum Gasteiger partial charge on any atom is -0.508 e. The van der Waals surface area contributed by atoms with Gasteiger partial charge >= 0.3 is 0 Å². The van der Waals surface area contributed by atoms with E-state index in [-0.39, 0.29) is 29.8 Å². The van der Waals surface area contributed by atoms with E-state index in [2.05, 4.69) is 4.99 Å². The zero-order valence-corrected chi connectivity index (χ0v) is 10.1. The van der Waals surface area contributed by atoms with Gasteiger partial charge in [0.15, 0.2) is 5.78 Å². The number of carbonyl (C=O) groups is 1. The molecule has 1 unspecified atom stereocenters. The van der Waals surface area contributed by atoms with Crippen molar-refractivity contribution in [3.63, 3.8) is 0 Å². The van der Waals surface area contributed by atoms with Gasteiger partial charge in [-0.25, -0.2) is 4.39 Å². The molecule has 0 aromatic heterocycles. The normalized spacial score (nSPS) is 29.9. The molecule has 0 spiro atoms. The van der Waals surface area contributed by atoms with E-state index in [9.17, 15) is 14.3 Å². The molecule has 1 heterocycles. The second kappa shape index (κ2) is 3.90. The summed E-state index contributed by atoms with van der Waals surface area (Å²) in [7, 11) is 0. The summed E-state index contributed by atoms with van der Waals surface area (Å²) in [5.74, 6) is -0.318. The van der Waals surface area contributed by atoms with Crippen LogP contribution in [0.3, 0.4) is 0 Å². The van der Waals surface area contributed by atoms with Crippen molar-refractivity contribution in [2.75, 3.05) is 0 Å². The first-order chi connectivity index (χ1) is 8.56. The molecule has 0 radical (unpaired) electrons. The molecule has 0 bridgehead atoms. The number of hydrogen-bond acceptors (Lipinski definition) is 3. The van der Waals surface area contributed by atoms with Crippen LogP contribution in [0.2, 0.25) is 0 Å². The summed E-state index contributed by atoms with van der Waals surface area (Å²) < 4.78 is 13.4. The highest BCUT2D eigenvalue weighted by molar-refractivity contribution is 6.05. The van der Waals surface area contributed by atoms with Crippen molar-refractivity contribution in [1.82, 2.24) is 0 Å². The van der Waals surface area contributed by atoms with Gasteiger partial charge < -0.3 is 5.11 Å². The van der Waals surface area contributed by atoms with E-state index < -0.39 is 6.17 Å². The zero-order chi connectivity index (χ0) is 12.9. The van der Waals surface area contributed by atoms with Crippen molar-refractivity contribution in [1.29, 1.82) is 0 Å². The largest absolute Gasteiger partial charge is 0.508 e. The van der Waals surface area contributed by atoms with Gasteiger partial charge in [-0.05, 0) is 31.4 Å². The van der Waals surface area contributed by atoms with Crippen molar-refractivity contribution in [2.45, 2.75) is 25.9 Å². The average Bonchev–Trinajstić information content (AvgIpc) is 2.65. The number of alkyl halides is 1. The van der Waals surface area contributed by atoms with Gasteiger partial charge in [-0.1, -0.05) is 0 Å². The van der Waals surface area contributed by atoms with Crippen LogP contribution in [0.15, 0.2) is 17.1 Å². The number of aliphatic imine (C=N–C) groups is 1. The lowest BCUT2D eigenvalue weighted by Crippen LogP contribution is -2.18. The minimum absolute atomic E-state index is 0.0456. The number of halogens is 1. The van der Waals surface area contributed by atoms with Gasteiger partial charge in [0.1, 0.15) is 11.9 Å². The number of phenolic OH excluding ortho intramolecular Hbond substituents is 1. The maximum atomic E-state index is 13.4. The Labute approximate surface area is 104 Å². The Morgan fingerprint density at radius 3 is 2.94 bits per heavy atom. The van der Waals surface area contributed by atoms with Crippen LogP contribution >= 0.6 is 0 Å². The second-order valence-corrected chi connectivity index (χ2v) is 5.14. The van der Waals surface area contributed by atoms with E-state index in [0.29, 0.717) is 23.2 Å². The Morgan fingerprint density at radius 1 is 1.39 bits per heavy atom. The van der Waals surface area contributed by atoms with Gasteiger partial charge in [-0.15, -0.1) is 0 Å². The Hall–Kier alpha value is -1.71. The fraction of sp³-hybridized carbons (Fsp3) is 0.429. The van der Waals surface area contributed by atoms with Crippen LogP contribution in [0.5, 0.6) is 5.75 Å². The monoisotopic (exact) mass is 247 g/mol. The van der Waals surface area contributed by atoms with Crippen molar-refractivity contribution in [2.24, 2.45) is 16.8 Å². The van der Waals surface area contributed by atoms with E-state index in [1.54, 1.807) is 19.2 Å². The molecule has 0 saturated heterocycles. The second-order valence-electron chi connectivity index (χ2n) is 5.14. The number of fused-ring (bicyclic) bond motifs is 2. The van der Waals surface area contributed by atoms with E-state index in [1.807, 2.05) is 0 Å². The van der Waals surface area contributed by atoms with Crippen LogP contribution in [0.4, 0.5) is 10.1 Å². The van der Waals surface area contributed by atoms with Crippen LogP contribution in [0.25, 0.3) is 0 Å². The third kappa shape index (κ3) is 1.64. The molecule has 94 valence electrons. The summed E-state index contributed by atoms with van der Waals surface area (Å²) in [4.78, 5) is 16.6. The minimum atomic E-state index is -0.907. The van der Waals surface area contributed by atoms with Crippen molar-refractivity contribution in [3.05, 3.63) is 23.3 Å². The highest BCUT2D eigenvalue weighted by atomic mass is 19.1. The molecule has 1 aliphatic heterocycles. The molecule has 1 aromatic carbocycles. The lowest BCUT2D eigenvalue weighted by molar-refractivity contribution is 0.0908. The molecule has 3 atom stereocenters. The van der Waals surface area contributed by atoms with E-state index in [1.165, 1.54) is 6.07 Å². The molecule has 1 N–H and O–H groups in total. The summed E-state index contributed by atoms with van der Waals surface area (Å²) >= 11 is 0. The first-order valence-corrected chi connectivity index (χ1v) is 6.12. The molecule has 18 heavy (non-hydrogen) atoms. The van der Waals surface area contributed by atoms with Crippen LogP contribution in [0, 0.1) is 18.8 Å². The smallest absolute Gasteiger partial charge is 0.168 e. The van der Waals surface area contributed by atoms with E-state index in [0.717, 1.165) is 0 Å². The molecular weight excluding hydrogens is 233 g/mol. The summed E-state index contributed by atoms with van der Waals surface area (Å²) in [5.41, 5.74) is 1.64. The topological polar surface area (TPSA) is 49.7 Å². The number of Topliss-reactive ketones (excluding diaryl/α,β-unsaturated/α-hetero) is 1. The van der Waals surface area contributed by atoms with Crippen molar-refractivity contribution in [3.8, 4) is 5.75 Å². The lowest BCUT2D eigenvalue weighted by Gasteiger charge is -2.12. The molecule has 1 saturated carbocycles. The maximum Gasteiger partial charge on any atom is 0.168 e. The average molecular weight is 247 g/mol. The van der Waals surface area contributed by atoms with Crippen molar-refractivity contribution < 1.29 is 14.3 Å². The summed E-state index contributed by atoms with van der Waals surface area (Å²) in [6.45, 7) is 1.74. The number of carbonyl (C=O) groups excluding carboxylic acids is 1. The molecule has 4 heteroatoms. The fourth-order valence-electron chi connectivity index (χ4n) is 2.84. The Bertz CT molecular complexity index is 553. The Morgan fingerprint density at radius 2 is 2.17 bits per heavy atom. The molecular formula is C14H14FNO2. The SMILES string of the molecule is Cc1cc2c(cc1O)N=C[C@@H]1C[C@H](F)CC1C2=O. The molecule has 2 aliphatic rings. The molecule has 0 amide bonds. The van der Waals surface area contributed by atoms with Crippen LogP contribution in [-0.2, 0) is 0 Å². The van der Waals surface area contributed by atoms with Crippen LogP contribution < -0.4 is 0 Å². The van der Waals surface area contributed by atoms with Gasteiger partial charge in [-0.3, -0.25) is 9.79 Å². The number of hydrogen-bond donors (Lipinski definition) is 1. The Balaban J connectivity index is 2.10. The molecule has 3 rings (SSSR count). The van der Waals surface area contributed by atoms with E-state index >= 15 is 0 Å². The zero-order valence-electron chi connectivity index (χ0n) is 10.1. The third-order valence-corrected chi connectivity index (χ3v) is 3.88. The number of aryl methyl sites for hydroxylation is 1. The summed E-state index contributed by atoms with van der Waals surface area (Å²) in [6, 6.07) is 3.16. The number of aromatic hydroxyl groups is 1. The summed E-state index contributed by atoms with van der Waals surface area (Å²) in [6.07, 6.45) is 1.42. The van der Waals surface area contributed by atoms with Crippen LogP contribution in [-0.4, -0.2) is 23.3 Å². The summed E-state index contributed by atoms with van der Waals surface area (Å²) in [5, 5.41) is 9.65. The highest BCUT2D eigenvalue weighted by Gasteiger charge is 2.40. The number of benzene rings is 1. The lowest BCUT2D eigenvalue weighted by atomic mass is 9.89. The molecule has 1 aromatic rings. The molecule has 1 aliphatic carbocycles. The Kier molecular flexibility index (Phi) is 2.47. The fourth-order valence-corrected chi connectivity index (χ4v) is 2.84. The number of phenols is 1. The molecule has 3 nitrogen and oxygen atoms in total. The predicted molar refractivity (Wildman–Crippen MR) is 66.4 cm³/mol. The van der Waals surface area contributed by atoms with Crippen LogP contribution in [0.1, 0.15) is 28.8 Å². The standard InChI is InChI=1S/C14H14FNO2/c1-7-2-11-12(5-13(7)17)16-6-8-3-9(15)4-10(8)14(11)18/h2,5-6,8-10,17H,3-4H2,1H3/t8-,9-,10?/m0/s1. The quantitative estimate of drug-likeness (QED) is 0.766. The number of rotatable bonds is 0. The van der Waals surface area contributed by atoms with Gasteiger partial charge in [0.2, 0.25) is 0 Å². The first kappa shape index (κ1) is 11.4. The third-order valence-electron chi connectivity index (χ3n) is 3.88. The van der Waals surface area contributed by atoms with Gasteiger partial charge in [-0.2, -0.15) is 0 Å². The van der Waals surface area contributed by atoms with Crippen molar-refractivity contribution >= 4 is 17.7 Å². The number of ketones is 1. The first-order valence-electron chi connectivity index (χ1n) is 6.12.